The van der Waals surface area contributed by atoms with Crippen LogP contribution in [0.25, 0.3) is 5.69 Å². The van der Waals surface area contributed by atoms with Gasteiger partial charge in [-0.25, -0.2) is 4.68 Å². The van der Waals surface area contributed by atoms with E-state index in [9.17, 15) is 9.90 Å². The highest BCUT2D eigenvalue weighted by Gasteiger charge is 2.18. The first-order valence-corrected chi connectivity index (χ1v) is 6.38. The van der Waals surface area contributed by atoms with Gasteiger partial charge in [-0.2, -0.15) is 0 Å². The summed E-state index contributed by atoms with van der Waals surface area (Å²) in [5.74, 6) is -0.173. The monoisotopic (exact) mass is 274 g/mol. The largest absolute Gasteiger partial charge is 0.396 e. The molecule has 0 fully saturated rings. The Morgan fingerprint density at radius 1 is 1.45 bits per heavy atom. The molecule has 0 aliphatic rings. The summed E-state index contributed by atoms with van der Waals surface area (Å²) in [4.78, 5) is 12.1. The summed E-state index contributed by atoms with van der Waals surface area (Å²) in [6.07, 6.45) is 3.29. The van der Waals surface area contributed by atoms with Gasteiger partial charge in [0.15, 0.2) is 0 Å². The number of benzene rings is 1. The van der Waals surface area contributed by atoms with Gasteiger partial charge in [0.25, 0.3) is 5.91 Å². The first-order valence-electron chi connectivity index (χ1n) is 6.38. The van der Waals surface area contributed by atoms with Crippen LogP contribution < -0.4 is 5.32 Å². The van der Waals surface area contributed by atoms with Crippen LogP contribution in [0.5, 0.6) is 0 Å². The third-order valence-corrected chi connectivity index (χ3v) is 2.95. The van der Waals surface area contributed by atoms with Crippen molar-refractivity contribution in [2.24, 2.45) is 5.41 Å². The minimum Gasteiger partial charge on any atom is -0.396 e. The summed E-state index contributed by atoms with van der Waals surface area (Å²) in [6, 6.07) is 7.13. The van der Waals surface area contributed by atoms with E-state index in [4.69, 9.17) is 0 Å². The summed E-state index contributed by atoms with van der Waals surface area (Å²) >= 11 is 0. The molecule has 2 N–H and O–H groups in total. The summed E-state index contributed by atoms with van der Waals surface area (Å²) in [5, 5.41) is 19.6. The Labute approximate surface area is 117 Å². The maximum Gasteiger partial charge on any atom is 0.251 e. The van der Waals surface area contributed by atoms with Crippen molar-refractivity contribution in [3.63, 3.8) is 0 Å². The standard InChI is InChI=1S/C14H18N4O2/c1-14(2,10-19)9-15-13(20)11-4-3-5-12(8-11)18-7-6-16-17-18/h3-8,19H,9-10H2,1-2H3,(H,15,20). The van der Waals surface area contributed by atoms with Crippen LogP contribution in [-0.4, -0.2) is 39.2 Å². The quantitative estimate of drug-likeness (QED) is 0.853. The van der Waals surface area contributed by atoms with Crippen LogP contribution in [0.2, 0.25) is 0 Å². The molecule has 0 aliphatic heterocycles. The zero-order valence-electron chi connectivity index (χ0n) is 11.6. The maximum absolute atomic E-state index is 12.1. The Balaban J connectivity index is 2.09. The van der Waals surface area contributed by atoms with E-state index in [2.05, 4.69) is 15.6 Å². The molecule has 2 aromatic rings. The van der Waals surface area contributed by atoms with Gasteiger partial charge in [-0.1, -0.05) is 25.1 Å². The Kier molecular flexibility index (Phi) is 4.14. The Morgan fingerprint density at radius 3 is 2.90 bits per heavy atom. The van der Waals surface area contributed by atoms with Gasteiger partial charge in [-0.3, -0.25) is 4.79 Å². The molecule has 0 bridgehead atoms. The summed E-state index contributed by atoms with van der Waals surface area (Å²) in [5.41, 5.74) is 0.988. The lowest BCUT2D eigenvalue weighted by molar-refractivity contribution is 0.0911. The second kappa shape index (κ2) is 5.83. The van der Waals surface area contributed by atoms with Crippen LogP contribution >= 0.6 is 0 Å². The van der Waals surface area contributed by atoms with Crippen LogP contribution in [0.1, 0.15) is 24.2 Å². The van der Waals surface area contributed by atoms with Crippen molar-refractivity contribution in [2.75, 3.05) is 13.2 Å². The van der Waals surface area contributed by atoms with Gasteiger partial charge >= 0.3 is 0 Å². The van der Waals surface area contributed by atoms with Crippen molar-refractivity contribution in [1.82, 2.24) is 20.3 Å². The highest BCUT2D eigenvalue weighted by atomic mass is 16.3. The molecule has 0 saturated heterocycles. The minimum atomic E-state index is -0.334. The first kappa shape index (κ1) is 14.2. The van der Waals surface area contributed by atoms with Gasteiger partial charge in [0.1, 0.15) is 0 Å². The lowest BCUT2D eigenvalue weighted by Gasteiger charge is -2.21. The molecular weight excluding hydrogens is 256 g/mol. The Bertz CT molecular complexity index is 579. The molecule has 106 valence electrons. The summed E-state index contributed by atoms with van der Waals surface area (Å²) in [6.45, 7) is 4.21. The number of amides is 1. The van der Waals surface area contributed by atoms with E-state index in [0.717, 1.165) is 5.69 Å². The van der Waals surface area contributed by atoms with Gasteiger partial charge in [-0.15, -0.1) is 5.10 Å². The van der Waals surface area contributed by atoms with Crippen molar-refractivity contribution in [3.05, 3.63) is 42.2 Å². The van der Waals surface area contributed by atoms with E-state index in [-0.39, 0.29) is 17.9 Å². The van der Waals surface area contributed by atoms with Crippen molar-refractivity contribution >= 4 is 5.91 Å². The minimum absolute atomic E-state index is 0.0201. The van der Waals surface area contributed by atoms with E-state index in [1.165, 1.54) is 0 Å². The van der Waals surface area contributed by atoms with Crippen molar-refractivity contribution in [3.8, 4) is 5.69 Å². The highest BCUT2D eigenvalue weighted by Crippen LogP contribution is 2.13. The third-order valence-electron chi connectivity index (χ3n) is 2.95. The molecule has 0 spiro atoms. The normalized spacial score (nSPS) is 11.3. The lowest BCUT2D eigenvalue weighted by atomic mass is 9.95. The van der Waals surface area contributed by atoms with Crippen molar-refractivity contribution in [2.45, 2.75) is 13.8 Å². The number of rotatable bonds is 5. The van der Waals surface area contributed by atoms with Crippen LogP contribution in [0.4, 0.5) is 0 Å². The average Bonchev–Trinajstić information content (AvgIpc) is 2.99. The number of carbonyl (C=O) groups is 1. The predicted octanol–water partition coefficient (Wildman–Crippen LogP) is 1.02. The van der Waals surface area contributed by atoms with Gasteiger partial charge in [0.05, 0.1) is 18.1 Å². The van der Waals surface area contributed by atoms with Gasteiger partial charge in [-0.05, 0) is 18.2 Å². The number of aliphatic hydroxyl groups excluding tert-OH is 1. The highest BCUT2D eigenvalue weighted by molar-refractivity contribution is 5.94. The molecule has 0 atom stereocenters. The van der Waals surface area contributed by atoms with Gasteiger partial charge in [0, 0.05) is 24.1 Å². The van der Waals surface area contributed by atoms with Crippen molar-refractivity contribution < 1.29 is 9.90 Å². The molecular formula is C14H18N4O2. The average molecular weight is 274 g/mol. The second-order valence-corrected chi connectivity index (χ2v) is 5.40. The van der Waals surface area contributed by atoms with E-state index < -0.39 is 0 Å². The number of nitrogens with zero attached hydrogens (tertiary/aromatic N) is 3. The fourth-order valence-corrected chi connectivity index (χ4v) is 1.61. The van der Waals surface area contributed by atoms with E-state index in [0.29, 0.717) is 12.1 Å². The molecule has 1 heterocycles. The smallest absolute Gasteiger partial charge is 0.251 e. The molecule has 2 rings (SSSR count). The Hall–Kier alpha value is -2.21. The lowest BCUT2D eigenvalue weighted by Crippen LogP contribution is -2.36. The molecule has 0 aliphatic carbocycles. The fraction of sp³-hybridized carbons (Fsp3) is 0.357. The van der Waals surface area contributed by atoms with Crippen molar-refractivity contribution in [1.29, 1.82) is 0 Å². The molecule has 20 heavy (non-hydrogen) atoms. The molecule has 6 nitrogen and oxygen atoms in total. The summed E-state index contributed by atoms with van der Waals surface area (Å²) in [7, 11) is 0. The van der Waals surface area contributed by atoms with Crippen LogP contribution in [0.15, 0.2) is 36.7 Å². The molecule has 1 amide bonds. The van der Waals surface area contributed by atoms with E-state index in [1.54, 1.807) is 35.3 Å². The van der Waals surface area contributed by atoms with E-state index in [1.807, 2.05) is 19.9 Å². The number of aromatic nitrogens is 3. The van der Waals surface area contributed by atoms with Gasteiger partial charge in [0.2, 0.25) is 0 Å². The number of hydrogen-bond donors (Lipinski definition) is 2. The number of aliphatic hydroxyl groups is 1. The van der Waals surface area contributed by atoms with Gasteiger partial charge < -0.3 is 10.4 Å². The summed E-state index contributed by atoms with van der Waals surface area (Å²) < 4.78 is 1.59. The predicted molar refractivity (Wildman–Crippen MR) is 74.6 cm³/mol. The van der Waals surface area contributed by atoms with E-state index >= 15 is 0 Å². The van der Waals surface area contributed by atoms with Crippen LogP contribution in [0.3, 0.4) is 0 Å². The number of carbonyl (C=O) groups excluding carboxylic acids is 1. The third kappa shape index (κ3) is 3.42. The van der Waals surface area contributed by atoms with Crippen LogP contribution in [0, 0.1) is 5.41 Å². The zero-order chi connectivity index (χ0) is 14.6. The number of nitrogens with one attached hydrogen (secondary N) is 1. The Morgan fingerprint density at radius 2 is 2.25 bits per heavy atom. The number of hydrogen-bond acceptors (Lipinski definition) is 4. The maximum atomic E-state index is 12.1. The van der Waals surface area contributed by atoms with Crippen LogP contribution in [-0.2, 0) is 0 Å². The molecule has 6 heteroatoms. The molecule has 0 saturated carbocycles. The zero-order valence-corrected chi connectivity index (χ0v) is 11.6. The molecule has 0 radical (unpaired) electrons. The molecule has 0 unspecified atom stereocenters. The molecule has 1 aromatic heterocycles. The fourth-order valence-electron chi connectivity index (χ4n) is 1.61. The molecule has 1 aromatic carbocycles. The SMILES string of the molecule is CC(C)(CO)CNC(=O)c1cccc(-n2ccnn2)c1. The topological polar surface area (TPSA) is 80.0 Å². The first-order chi connectivity index (χ1) is 9.52. The second-order valence-electron chi connectivity index (χ2n) is 5.40.